The first-order valence-electron chi connectivity index (χ1n) is 6.97. The number of hydrogen-bond donors (Lipinski definition) is 1. The Hall–Kier alpha value is -2.31. The number of carbonyl (C=O) groups is 1. The minimum absolute atomic E-state index is 0.0754. The van der Waals surface area contributed by atoms with Crippen LogP contribution < -0.4 is 5.32 Å². The predicted molar refractivity (Wildman–Crippen MR) is 91.5 cm³/mol. The van der Waals surface area contributed by atoms with Crippen LogP contribution in [0.4, 0.5) is 5.13 Å². The van der Waals surface area contributed by atoms with Crippen molar-refractivity contribution in [1.82, 2.24) is 15.0 Å². The predicted octanol–water partition coefficient (Wildman–Crippen LogP) is 3.82. The van der Waals surface area contributed by atoms with E-state index in [0.29, 0.717) is 23.0 Å². The van der Waals surface area contributed by atoms with Gasteiger partial charge in [0, 0.05) is 23.0 Å². The molecule has 0 saturated carbocycles. The number of thiazole rings is 1. The second-order valence-electron chi connectivity index (χ2n) is 4.81. The maximum absolute atomic E-state index is 12.0. The number of nitrogens with one attached hydrogen (secondary N) is 1. The SMILES string of the molecule is O=C(CCc1cccc(Cl)c1)Nc1nc(-c2ccncn2)cs1. The summed E-state index contributed by atoms with van der Waals surface area (Å²) in [5, 5.41) is 5.91. The van der Waals surface area contributed by atoms with Crippen LogP contribution in [0, 0.1) is 0 Å². The summed E-state index contributed by atoms with van der Waals surface area (Å²) in [5.74, 6) is -0.0754. The van der Waals surface area contributed by atoms with Crippen LogP contribution in [-0.2, 0) is 11.2 Å². The first-order chi connectivity index (χ1) is 11.2. The minimum atomic E-state index is -0.0754. The van der Waals surface area contributed by atoms with Crippen LogP contribution in [0.3, 0.4) is 0 Å². The molecule has 0 aliphatic rings. The monoisotopic (exact) mass is 344 g/mol. The summed E-state index contributed by atoms with van der Waals surface area (Å²) < 4.78 is 0. The van der Waals surface area contributed by atoms with Gasteiger partial charge in [-0.3, -0.25) is 4.79 Å². The lowest BCUT2D eigenvalue weighted by molar-refractivity contribution is -0.116. The van der Waals surface area contributed by atoms with Crippen molar-refractivity contribution >= 4 is 34.0 Å². The Bertz CT molecular complexity index is 807. The first kappa shape index (κ1) is 15.6. The lowest BCUT2D eigenvalue weighted by Crippen LogP contribution is -2.12. The summed E-state index contributed by atoms with van der Waals surface area (Å²) in [7, 11) is 0. The summed E-state index contributed by atoms with van der Waals surface area (Å²) in [4.78, 5) is 24.4. The zero-order chi connectivity index (χ0) is 16.1. The second kappa shape index (κ2) is 7.30. The standard InChI is InChI=1S/C16H13ClN4OS/c17-12-3-1-2-11(8-12)4-5-15(22)21-16-20-14(9-23-16)13-6-7-18-10-19-13/h1-3,6-10H,4-5H2,(H,20,21,22). The van der Waals surface area contributed by atoms with Crippen molar-refractivity contribution in [3.8, 4) is 11.4 Å². The van der Waals surface area contributed by atoms with Crippen molar-refractivity contribution in [2.45, 2.75) is 12.8 Å². The molecule has 7 heteroatoms. The Morgan fingerprint density at radius 2 is 2.17 bits per heavy atom. The van der Waals surface area contributed by atoms with Crippen molar-refractivity contribution < 1.29 is 4.79 Å². The quantitative estimate of drug-likeness (QED) is 0.763. The Morgan fingerprint density at radius 1 is 1.26 bits per heavy atom. The number of aryl methyl sites for hydroxylation is 1. The highest BCUT2D eigenvalue weighted by atomic mass is 35.5. The molecule has 23 heavy (non-hydrogen) atoms. The van der Waals surface area contributed by atoms with E-state index in [-0.39, 0.29) is 5.91 Å². The zero-order valence-corrected chi connectivity index (χ0v) is 13.6. The number of benzene rings is 1. The fourth-order valence-corrected chi connectivity index (χ4v) is 2.96. The molecule has 2 aromatic heterocycles. The van der Waals surface area contributed by atoms with E-state index in [4.69, 9.17) is 11.6 Å². The number of amides is 1. The fraction of sp³-hybridized carbons (Fsp3) is 0.125. The van der Waals surface area contributed by atoms with Crippen LogP contribution in [0.5, 0.6) is 0 Å². The van der Waals surface area contributed by atoms with Gasteiger partial charge in [-0.2, -0.15) is 0 Å². The number of hydrogen-bond acceptors (Lipinski definition) is 5. The third kappa shape index (κ3) is 4.34. The third-order valence-electron chi connectivity index (χ3n) is 3.12. The van der Waals surface area contributed by atoms with Gasteiger partial charge in [-0.1, -0.05) is 23.7 Å². The number of halogens is 1. The van der Waals surface area contributed by atoms with Gasteiger partial charge in [0.05, 0.1) is 5.69 Å². The summed E-state index contributed by atoms with van der Waals surface area (Å²) >= 11 is 7.30. The van der Waals surface area contributed by atoms with E-state index >= 15 is 0 Å². The molecule has 0 bridgehead atoms. The maximum atomic E-state index is 12.0. The van der Waals surface area contributed by atoms with Gasteiger partial charge in [0.15, 0.2) is 5.13 Å². The Morgan fingerprint density at radius 3 is 2.96 bits per heavy atom. The molecule has 0 fully saturated rings. The van der Waals surface area contributed by atoms with Gasteiger partial charge >= 0.3 is 0 Å². The highest BCUT2D eigenvalue weighted by Crippen LogP contribution is 2.23. The van der Waals surface area contributed by atoms with Gasteiger partial charge in [-0.05, 0) is 30.2 Å². The van der Waals surface area contributed by atoms with Gasteiger partial charge in [0.25, 0.3) is 0 Å². The van der Waals surface area contributed by atoms with Crippen molar-refractivity contribution in [1.29, 1.82) is 0 Å². The summed E-state index contributed by atoms with van der Waals surface area (Å²) in [5.41, 5.74) is 2.49. The van der Waals surface area contributed by atoms with Crippen LogP contribution in [0.2, 0.25) is 5.02 Å². The molecule has 1 amide bonds. The fourth-order valence-electron chi connectivity index (χ4n) is 2.02. The van der Waals surface area contributed by atoms with Crippen molar-refractivity contribution in [3.05, 3.63) is 58.8 Å². The molecule has 1 N–H and O–H groups in total. The van der Waals surface area contributed by atoms with Crippen molar-refractivity contribution in [3.63, 3.8) is 0 Å². The smallest absolute Gasteiger partial charge is 0.226 e. The Balaban J connectivity index is 1.57. The maximum Gasteiger partial charge on any atom is 0.226 e. The second-order valence-corrected chi connectivity index (χ2v) is 6.11. The molecule has 3 aromatic rings. The van der Waals surface area contributed by atoms with Crippen LogP contribution in [0.1, 0.15) is 12.0 Å². The Labute approximate surface area is 142 Å². The number of nitrogens with zero attached hydrogens (tertiary/aromatic N) is 3. The van der Waals surface area contributed by atoms with Gasteiger partial charge in [0.2, 0.25) is 5.91 Å². The van der Waals surface area contributed by atoms with Crippen LogP contribution in [0.15, 0.2) is 48.2 Å². The number of aromatic nitrogens is 3. The normalized spacial score (nSPS) is 10.5. The number of anilines is 1. The zero-order valence-electron chi connectivity index (χ0n) is 12.1. The molecule has 116 valence electrons. The molecule has 3 rings (SSSR count). The summed E-state index contributed by atoms with van der Waals surface area (Å²) in [6.45, 7) is 0. The van der Waals surface area contributed by atoms with Gasteiger partial charge in [-0.25, -0.2) is 15.0 Å². The molecule has 0 radical (unpaired) electrons. The molecule has 0 aliphatic heterocycles. The highest BCUT2D eigenvalue weighted by Gasteiger charge is 2.09. The third-order valence-corrected chi connectivity index (χ3v) is 4.12. The van der Waals surface area contributed by atoms with E-state index in [0.717, 1.165) is 17.0 Å². The molecule has 0 aliphatic carbocycles. The number of carbonyl (C=O) groups excluding carboxylic acids is 1. The van der Waals surface area contributed by atoms with Gasteiger partial charge < -0.3 is 5.32 Å². The van der Waals surface area contributed by atoms with Crippen molar-refractivity contribution in [2.24, 2.45) is 0 Å². The largest absolute Gasteiger partial charge is 0.302 e. The summed E-state index contributed by atoms with van der Waals surface area (Å²) in [6, 6.07) is 9.29. The summed E-state index contributed by atoms with van der Waals surface area (Å²) in [6.07, 6.45) is 4.14. The molecule has 1 aromatic carbocycles. The minimum Gasteiger partial charge on any atom is -0.302 e. The van der Waals surface area contributed by atoms with E-state index in [1.54, 1.807) is 12.3 Å². The topological polar surface area (TPSA) is 67.8 Å². The van der Waals surface area contributed by atoms with Gasteiger partial charge in [0.1, 0.15) is 12.0 Å². The van der Waals surface area contributed by atoms with E-state index in [1.165, 1.54) is 17.7 Å². The molecule has 0 spiro atoms. The lowest BCUT2D eigenvalue weighted by atomic mass is 10.1. The lowest BCUT2D eigenvalue weighted by Gasteiger charge is -2.02. The number of rotatable bonds is 5. The molecule has 0 saturated heterocycles. The van der Waals surface area contributed by atoms with E-state index in [9.17, 15) is 4.79 Å². The average molecular weight is 345 g/mol. The van der Waals surface area contributed by atoms with Crippen LogP contribution in [0.25, 0.3) is 11.4 Å². The molecular weight excluding hydrogens is 332 g/mol. The van der Waals surface area contributed by atoms with Crippen molar-refractivity contribution in [2.75, 3.05) is 5.32 Å². The highest BCUT2D eigenvalue weighted by molar-refractivity contribution is 7.14. The van der Waals surface area contributed by atoms with E-state index in [1.807, 2.05) is 29.6 Å². The van der Waals surface area contributed by atoms with Crippen LogP contribution in [-0.4, -0.2) is 20.9 Å². The van der Waals surface area contributed by atoms with E-state index < -0.39 is 0 Å². The molecule has 5 nitrogen and oxygen atoms in total. The first-order valence-corrected chi connectivity index (χ1v) is 8.23. The van der Waals surface area contributed by atoms with Gasteiger partial charge in [-0.15, -0.1) is 11.3 Å². The molecule has 0 atom stereocenters. The van der Waals surface area contributed by atoms with Crippen LogP contribution >= 0.6 is 22.9 Å². The average Bonchev–Trinajstić information content (AvgIpc) is 3.02. The Kier molecular flexibility index (Phi) is 4.95. The molecule has 2 heterocycles. The van der Waals surface area contributed by atoms with E-state index in [2.05, 4.69) is 20.3 Å². The molecular formula is C16H13ClN4OS. The molecule has 0 unspecified atom stereocenters.